The fourth-order valence-corrected chi connectivity index (χ4v) is 1.76. The summed E-state index contributed by atoms with van der Waals surface area (Å²) in [5, 5.41) is 15.0. The molecule has 90 valence electrons. The second-order valence-electron chi connectivity index (χ2n) is 3.47. The molecule has 5 nitrogen and oxygen atoms in total. The number of nitrogens with zero attached hydrogens (tertiary/aromatic N) is 3. The Labute approximate surface area is 113 Å². The number of hydrogen-bond donors (Lipinski definition) is 2. The van der Waals surface area contributed by atoms with Crippen molar-refractivity contribution in [2.24, 2.45) is 0 Å². The van der Waals surface area contributed by atoms with Gasteiger partial charge in [-0.2, -0.15) is 5.26 Å². The van der Waals surface area contributed by atoms with Crippen LogP contribution in [0.5, 0.6) is 0 Å². The molecule has 0 aliphatic heterocycles. The third kappa shape index (κ3) is 2.76. The molecule has 1 aromatic heterocycles. The molecule has 2 aromatic rings. The van der Waals surface area contributed by atoms with Crippen molar-refractivity contribution in [3.63, 3.8) is 0 Å². The summed E-state index contributed by atoms with van der Waals surface area (Å²) in [4.78, 5) is 8.33. The predicted molar refractivity (Wildman–Crippen MR) is 73.7 cm³/mol. The summed E-state index contributed by atoms with van der Waals surface area (Å²) in [5.41, 5.74) is 1.24. The SMILES string of the molecule is CNc1cncc(Nc2cc(Br)ccc2C#N)n1. The molecule has 0 saturated carbocycles. The Hall–Kier alpha value is -2.13. The highest BCUT2D eigenvalue weighted by molar-refractivity contribution is 9.10. The van der Waals surface area contributed by atoms with E-state index in [9.17, 15) is 0 Å². The van der Waals surface area contributed by atoms with Crippen molar-refractivity contribution < 1.29 is 0 Å². The van der Waals surface area contributed by atoms with E-state index in [4.69, 9.17) is 5.26 Å². The molecule has 0 spiro atoms. The van der Waals surface area contributed by atoms with Gasteiger partial charge in [0.25, 0.3) is 0 Å². The van der Waals surface area contributed by atoms with Crippen LogP contribution in [0.2, 0.25) is 0 Å². The van der Waals surface area contributed by atoms with Crippen LogP contribution < -0.4 is 10.6 Å². The average molecular weight is 304 g/mol. The Morgan fingerprint density at radius 2 is 2.06 bits per heavy atom. The maximum atomic E-state index is 9.03. The Balaban J connectivity index is 2.33. The predicted octanol–water partition coefficient (Wildman–Crippen LogP) is 2.90. The van der Waals surface area contributed by atoms with Crippen molar-refractivity contribution in [2.75, 3.05) is 17.7 Å². The van der Waals surface area contributed by atoms with Crippen LogP contribution in [0.3, 0.4) is 0 Å². The van der Waals surface area contributed by atoms with Crippen LogP contribution in [0.4, 0.5) is 17.3 Å². The molecule has 0 bridgehead atoms. The molecule has 0 unspecified atom stereocenters. The monoisotopic (exact) mass is 303 g/mol. The fraction of sp³-hybridized carbons (Fsp3) is 0.0833. The van der Waals surface area contributed by atoms with Gasteiger partial charge in [-0.25, -0.2) is 4.98 Å². The zero-order valence-corrected chi connectivity index (χ0v) is 11.2. The van der Waals surface area contributed by atoms with E-state index in [1.807, 2.05) is 12.1 Å². The van der Waals surface area contributed by atoms with Crippen LogP contribution >= 0.6 is 15.9 Å². The van der Waals surface area contributed by atoms with Gasteiger partial charge in [0, 0.05) is 11.5 Å². The minimum absolute atomic E-state index is 0.551. The number of nitrogens with one attached hydrogen (secondary N) is 2. The lowest BCUT2D eigenvalue weighted by Gasteiger charge is -2.08. The molecule has 0 amide bonds. The zero-order valence-electron chi connectivity index (χ0n) is 9.61. The van der Waals surface area contributed by atoms with Crippen LogP contribution in [0.25, 0.3) is 0 Å². The number of anilines is 3. The molecule has 2 N–H and O–H groups in total. The lowest BCUT2D eigenvalue weighted by molar-refractivity contribution is 1.18. The van der Waals surface area contributed by atoms with E-state index in [2.05, 4.69) is 42.6 Å². The smallest absolute Gasteiger partial charge is 0.151 e. The van der Waals surface area contributed by atoms with Gasteiger partial charge < -0.3 is 10.6 Å². The first-order valence-corrected chi connectivity index (χ1v) is 5.98. The molecular formula is C12H10BrN5. The number of nitriles is 1. The molecule has 0 saturated heterocycles. The lowest BCUT2D eigenvalue weighted by atomic mass is 10.2. The molecule has 0 radical (unpaired) electrons. The molecule has 1 aromatic carbocycles. The largest absolute Gasteiger partial charge is 0.372 e. The molecule has 1 heterocycles. The Morgan fingerprint density at radius 1 is 1.28 bits per heavy atom. The minimum Gasteiger partial charge on any atom is -0.372 e. The van der Waals surface area contributed by atoms with Gasteiger partial charge in [0.2, 0.25) is 0 Å². The average Bonchev–Trinajstić information content (AvgIpc) is 2.39. The number of aromatic nitrogens is 2. The molecule has 0 fully saturated rings. The van der Waals surface area contributed by atoms with Gasteiger partial charge in [0.05, 0.1) is 23.6 Å². The third-order valence-electron chi connectivity index (χ3n) is 2.26. The standard InChI is InChI=1S/C12H10BrN5/c1-15-11-6-16-7-12(18-11)17-10-4-9(13)3-2-8(10)5-14/h2-4,6-7H,1H3,(H2,15,17,18). The summed E-state index contributed by atoms with van der Waals surface area (Å²) < 4.78 is 0.890. The van der Waals surface area contributed by atoms with Crippen LogP contribution in [-0.2, 0) is 0 Å². The summed E-state index contributed by atoms with van der Waals surface area (Å²) in [5.74, 6) is 1.24. The highest BCUT2D eigenvalue weighted by Gasteiger charge is 2.04. The van der Waals surface area contributed by atoms with E-state index >= 15 is 0 Å². The van der Waals surface area contributed by atoms with Gasteiger partial charge in [-0.15, -0.1) is 0 Å². The lowest BCUT2D eigenvalue weighted by Crippen LogP contribution is -2.00. The second kappa shape index (κ2) is 5.47. The van der Waals surface area contributed by atoms with E-state index in [1.165, 1.54) is 0 Å². The van der Waals surface area contributed by atoms with E-state index in [0.717, 1.165) is 4.47 Å². The molecular weight excluding hydrogens is 294 g/mol. The van der Waals surface area contributed by atoms with Gasteiger partial charge >= 0.3 is 0 Å². The van der Waals surface area contributed by atoms with Gasteiger partial charge in [-0.3, -0.25) is 4.98 Å². The number of rotatable bonds is 3. The molecule has 2 rings (SSSR count). The normalized spacial score (nSPS) is 9.61. The highest BCUT2D eigenvalue weighted by Crippen LogP contribution is 2.23. The first-order valence-electron chi connectivity index (χ1n) is 5.19. The molecule has 0 aliphatic carbocycles. The van der Waals surface area contributed by atoms with E-state index in [1.54, 1.807) is 25.5 Å². The Bertz CT molecular complexity index is 606. The van der Waals surface area contributed by atoms with Gasteiger partial charge in [-0.05, 0) is 18.2 Å². The maximum Gasteiger partial charge on any atom is 0.151 e. The summed E-state index contributed by atoms with van der Waals surface area (Å²) >= 11 is 3.37. The van der Waals surface area contributed by atoms with Crippen molar-refractivity contribution in [3.8, 4) is 6.07 Å². The number of halogens is 1. The van der Waals surface area contributed by atoms with E-state index in [-0.39, 0.29) is 0 Å². The number of benzene rings is 1. The molecule has 0 atom stereocenters. The van der Waals surface area contributed by atoms with E-state index < -0.39 is 0 Å². The van der Waals surface area contributed by atoms with E-state index in [0.29, 0.717) is 22.9 Å². The van der Waals surface area contributed by atoms with Crippen LogP contribution in [0.15, 0.2) is 35.1 Å². The summed E-state index contributed by atoms with van der Waals surface area (Å²) in [6.07, 6.45) is 3.22. The van der Waals surface area contributed by atoms with Crippen molar-refractivity contribution in [1.82, 2.24) is 9.97 Å². The summed E-state index contributed by atoms with van der Waals surface area (Å²) in [6, 6.07) is 7.51. The second-order valence-corrected chi connectivity index (χ2v) is 4.38. The van der Waals surface area contributed by atoms with Crippen molar-refractivity contribution in [1.29, 1.82) is 5.26 Å². The maximum absolute atomic E-state index is 9.03. The van der Waals surface area contributed by atoms with Gasteiger partial charge in [-0.1, -0.05) is 15.9 Å². The zero-order chi connectivity index (χ0) is 13.0. The summed E-state index contributed by atoms with van der Waals surface area (Å²) in [7, 11) is 1.77. The van der Waals surface area contributed by atoms with Gasteiger partial charge in [0.1, 0.15) is 11.9 Å². The number of hydrogen-bond acceptors (Lipinski definition) is 5. The first kappa shape index (κ1) is 12.3. The van der Waals surface area contributed by atoms with Crippen LogP contribution in [0, 0.1) is 11.3 Å². The Morgan fingerprint density at radius 3 is 2.78 bits per heavy atom. The highest BCUT2D eigenvalue weighted by atomic mass is 79.9. The fourth-order valence-electron chi connectivity index (χ4n) is 1.40. The molecule has 0 aliphatic rings. The van der Waals surface area contributed by atoms with Crippen molar-refractivity contribution in [2.45, 2.75) is 0 Å². The Kier molecular flexibility index (Phi) is 3.75. The van der Waals surface area contributed by atoms with Crippen LogP contribution in [-0.4, -0.2) is 17.0 Å². The van der Waals surface area contributed by atoms with Crippen LogP contribution in [0.1, 0.15) is 5.56 Å². The summed E-state index contributed by atoms with van der Waals surface area (Å²) in [6.45, 7) is 0. The first-order chi connectivity index (χ1) is 8.72. The quantitative estimate of drug-likeness (QED) is 0.912. The minimum atomic E-state index is 0.551. The van der Waals surface area contributed by atoms with Gasteiger partial charge in [0.15, 0.2) is 5.82 Å². The molecule has 18 heavy (non-hydrogen) atoms. The molecule has 6 heteroatoms. The van der Waals surface area contributed by atoms with Crippen molar-refractivity contribution in [3.05, 3.63) is 40.6 Å². The van der Waals surface area contributed by atoms with Crippen molar-refractivity contribution >= 4 is 33.3 Å². The topological polar surface area (TPSA) is 73.6 Å². The third-order valence-corrected chi connectivity index (χ3v) is 2.75.